The summed E-state index contributed by atoms with van der Waals surface area (Å²) in [4.78, 5) is 30.5. The standard InChI is InChI=1S/C19H22N2O3/c1-21(18(22)13-6-4-3-5-7-13)17-16-9-8-15(19(23)24-2)12-14(16)10-11-20-17/h8-13H,3-7H2,1-2H3. The Labute approximate surface area is 141 Å². The van der Waals surface area contributed by atoms with E-state index in [1.807, 2.05) is 12.1 Å². The van der Waals surface area contributed by atoms with Crippen LogP contribution in [0.3, 0.4) is 0 Å². The van der Waals surface area contributed by atoms with E-state index in [1.54, 1.807) is 30.3 Å². The highest BCUT2D eigenvalue weighted by Gasteiger charge is 2.26. The molecule has 5 heteroatoms. The van der Waals surface area contributed by atoms with Crippen molar-refractivity contribution in [2.24, 2.45) is 5.92 Å². The third-order valence-electron chi connectivity index (χ3n) is 4.77. The van der Waals surface area contributed by atoms with Gasteiger partial charge in [0.25, 0.3) is 0 Å². The summed E-state index contributed by atoms with van der Waals surface area (Å²) in [7, 11) is 3.15. The summed E-state index contributed by atoms with van der Waals surface area (Å²) in [5, 5.41) is 1.73. The van der Waals surface area contributed by atoms with Crippen LogP contribution in [0, 0.1) is 5.92 Å². The van der Waals surface area contributed by atoms with Crippen LogP contribution in [-0.4, -0.2) is 31.0 Å². The van der Waals surface area contributed by atoms with Crippen molar-refractivity contribution >= 4 is 28.5 Å². The monoisotopic (exact) mass is 326 g/mol. The van der Waals surface area contributed by atoms with Gasteiger partial charge in [0.05, 0.1) is 12.7 Å². The minimum Gasteiger partial charge on any atom is -0.465 e. The van der Waals surface area contributed by atoms with Crippen LogP contribution in [0.4, 0.5) is 5.82 Å². The molecule has 0 radical (unpaired) electrons. The average molecular weight is 326 g/mol. The van der Waals surface area contributed by atoms with Gasteiger partial charge in [0, 0.05) is 24.5 Å². The largest absolute Gasteiger partial charge is 0.465 e. The normalized spacial score (nSPS) is 15.2. The van der Waals surface area contributed by atoms with E-state index in [1.165, 1.54) is 13.5 Å². The number of fused-ring (bicyclic) bond motifs is 1. The lowest BCUT2D eigenvalue weighted by molar-refractivity contribution is -0.123. The van der Waals surface area contributed by atoms with E-state index in [9.17, 15) is 9.59 Å². The molecule has 1 aromatic carbocycles. The summed E-state index contributed by atoms with van der Waals surface area (Å²) in [5.74, 6) is 0.489. The van der Waals surface area contributed by atoms with E-state index in [0.717, 1.165) is 36.5 Å². The molecule has 5 nitrogen and oxygen atoms in total. The number of methoxy groups -OCH3 is 1. The zero-order valence-corrected chi connectivity index (χ0v) is 14.1. The summed E-state index contributed by atoms with van der Waals surface area (Å²) < 4.78 is 4.76. The highest BCUT2D eigenvalue weighted by molar-refractivity contribution is 6.04. The van der Waals surface area contributed by atoms with Gasteiger partial charge >= 0.3 is 5.97 Å². The van der Waals surface area contributed by atoms with Crippen LogP contribution in [0.2, 0.25) is 0 Å². The Balaban J connectivity index is 1.93. The first kappa shape index (κ1) is 16.4. The van der Waals surface area contributed by atoms with Crippen molar-refractivity contribution in [1.82, 2.24) is 4.98 Å². The van der Waals surface area contributed by atoms with Gasteiger partial charge in [0.15, 0.2) is 0 Å². The second-order valence-electron chi connectivity index (χ2n) is 6.29. The molecule has 1 aliphatic carbocycles. The molecule has 126 valence electrons. The summed E-state index contributed by atoms with van der Waals surface area (Å²) in [6, 6.07) is 7.14. The number of hydrogen-bond acceptors (Lipinski definition) is 4. The number of ether oxygens (including phenoxy) is 1. The average Bonchev–Trinajstić information content (AvgIpc) is 2.65. The molecular weight excluding hydrogens is 304 g/mol. The van der Waals surface area contributed by atoms with Crippen molar-refractivity contribution in [3.05, 3.63) is 36.0 Å². The Morgan fingerprint density at radius 3 is 2.62 bits per heavy atom. The number of anilines is 1. The van der Waals surface area contributed by atoms with Crippen LogP contribution in [0.15, 0.2) is 30.5 Å². The number of amides is 1. The van der Waals surface area contributed by atoms with Gasteiger partial charge in [-0.1, -0.05) is 19.3 Å². The van der Waals surface area contributed by atoms with Crippen molar-refractivity contribution in [2.75, 3.05) is 19.1 Å². The number of hydrogen-bond donors (Lipinski definition) is 0. The third kappa shape index (κ3) is 3.11. The predicted molar refractivity (Wildman–Crippen MR) is 93.1 cm³/mol. The Morgan fingerprint density at radius 2 is 1.92 bits per heavy atom. The fourth-order valence-corrected chi connectivity index (χ4v) is 3.40. The van der Waals surface area contributed by atoms with Crippen molar-refractivity contribution in [3.8, 4) is 0 Å². The molecule has 1 aromatic heterocycles. The zero-order chi connectivity index (χ0) is 17.1. The van der Waals surface area contributed by atoms with Crippen LogP contribution < -0.4 is 4.90 Å². The molecule has 1 amide bonds. The number of carbonyl (C=O) groups is 2. The van der Waals surface area contributed by atoms with Crippen molar-refractivity contribution in [1.29, 1.82) is 0 Å². The van der Waals surface area contributed by atoms with Gasteiger partial charge in [-0.25, -0.2) is 9.78 Å². The van der Waals surface area contributed by atoms with Crippen molar-refractivity contribution in [3.63, 3.8) is 0 Å². The van der Waals surface area contributed by atoms with Gasteiger partial charge in [-0.2, -0.15) is 0 Å². The molecule has 24 heavy (non-hydrogen) atoms. The van der Waals surface area contributed by atoms with E-state index in [0.29, 0.717) is 11.4 Å². The molecule has 0 N–H and O–H groups in total. The number of carbonyl (C=O) groups excluding carboxylic acids is 2. The number of aromatic nitrogens is 1. The molecular formula is C19H22N2O3. The lowest BCUT2D eigenvalue weighted by Crippen LogP contribution is -2.34. The summed E-state index contributed by atoms with van der Waals surface area (Å²) in [6.07, 6.45) is 7.05. The number of nitrogens with zero attached hydrogens (tertiary/aromatic N) is 2. The van der Waals surface area contributed by atoms with E-state index in [2.05, 4.69) is 4.98 Å². The first-order chi connectivity index (χ1) is 11.6. The minimum absolute atomic E-state index is 0.0927. The molecule has 1 heterocycles. The number of esters is 1. The smallest absolute Gasteiger partial charge is 0.337 e. The maximum absolute atomic E-state index is 12.8. The van der Waals surface area contributed by atoms with Gasteiger partial charge in [0.2, 0.25) is 5.91 Å². The lowest BCUT2D eigenvalue weighted by atomic mass is 9.88. The summed E-state index contributed by atoms with van der Waals surface area (Å²) in [6.45, 7) is 0. The van der Waals surface area contributed by atoms with Gasteiger partial charge < -0.3 is 4.74 Å². The molecule has 0 bridgehead atoms. The fraction of sp³-hybridized carbons (Fsp3) is 0.421. The molecule has 1 fully saturated rings. The highest BCUT2D eigenvalue weighted by Crippen LogP contribution is 2.29. The molecule has 3 rings (SSSR count). The number of pyridine rings is 1. The Kier molecular flexibility index (Phi) is 4.79. The van der Waals surface area contributed by atoms with Crippen LogP contribution in [0.1, 0.15) is 42.5 Å². The zero-order valence-electron chi connectivity index (χ0n) is 14.1. The molecule has 1 aliphatic rings. The molecule has 1 saturated carbocycles. The quantitative estimate of drug-likeness (QED) is 0.809. The minimum atomic E-state index is -0.373. The second-order valence-corrected chi connectivity index (χ2v) is 6.29. The Morgan fingerprint density at radius 1 is 1.17 bits per heavy atom. The molecule has 0 spiro atoms. The summed E-state index contributed by atoms with van der Waals surface area (Å²) in [5.41, 5.74) is 0.489. The Bertz CT molecular complexity index is 766. The fourth-order valence-electron chi connectivity index (χ4n) is 3.40. The van der Waals surface area contributed by atoms with E-state index in [-0.39, 0.29) is 17.8 Å². The second kappa shape index (κ2) is 6.99. The number of benzene rings is 1. The number of rotatable bonds is 3. The SMILES string of the molecule is COC(=O)c1ccc2c(N(C)C(=O)C3CCCCC3)nccc2c1. The maximum Gasteiger partial charge on any atom is 0.337 e. The van der Waals surface area contributed by atoms with Gasteiger partial charge in [-0.05, 0) is 42.5 Å². The lowest BCUT2D eigenvalue weighted by Gasteiger charge is -2.26. The molecule has 0 atom stereocenters. The van der Waals surface area contributed by atoms with Crippen LogP contribution in [0.5, 0.6) is 0 Å². The molecule has 0 unspecified atom stereocenters. The first-order valence-corrected chi connectivity index (χ1v) is 8.36. The van der Waals surface area contributed by atoms with Gasteiger partial charge in [-0.3, -0.25) is 9.69 Å². The van der Waals surface area contributed by atoms with Gasteiger partial charge in [-0.15, -0.1) is 0 Å². The van der Waals surface area contributed by atoms with Crippen LogP contribution in [-0.2, 0) is 9.53 Å². The third-order valence-corrected chi connectivity index (χ3v) is 4.77. The topological polar surface area (TPSA) is 59.5 Å². The molecule has 0 aliphatic heterocycles. The summed E-state index contributed by atoms with van der Waals surface area (Å²) >= 11 is 0. The predicted octanol–water partition coefficient (Wildman–Crippen LogP) is 3.56. The molecule has 2 aromatic rings. The van der Waals surface area contributed by atoms with Gasteiger partial charge in [0.1, 0.15) is 5.82 Å². The van der Waals surface area contributed by atoms with E-state index >= 15 is 0 Å². The molecule has 0 saturated heterocycles. The van der Waals surface area contributed by atoms with E-state index < -0.39 is 0 Å². The van der Waals surface area contributed by atoms with Crippen molar-refractivity contribution in [2.45, 2.75) is 32.1 Å². The van der Waals surface area contributed by atoms with Crippen LogP contribution >= 0.6 is 0 Å². The van der Waals surface area contributed by atoms with E-state index in [4.69, 9.17) is 4.74 Å². The first-order valence-electron chi connectivity index (χ1n) is 8.36. The highest BCUT2D eigenvalue weighted by atomic mass is 16.5. The van der Waals surface area contributed by atoms with Crippen LogP contribution in [0.25, 0.3) is 10.8 Å². The Hall–Kier alpha value is -2.43. The maximum atomic E-state index is 12.8. The van der Waals surface area contributed by atoms with Crippen molar-refractivity contribution < 1.29 is 14.3 Å².